The van der Waals surface area contributed by atoms with E-state index in [1.54, 1.807) is 18.2 Å². The summed E-state index contributed by atoms with van der Waals surface area (Å²) < 4.78 is 27.7. The summed E-state index contributed by atoms with van der Waals surface area (Å²) in [6.07, 6.45) is 0.424. The first kappa shape index (κ1) is 19.1. The third-order valence-electron chi connectivity index (χ3n) is 6.11. The van der Waals surface area contributed by atoms with E-state index in [1.165, 1.54) is 6.07 Å². The van der Waals surface area contributed by atoms with E-state index in [9.17, 15) is 13.9 Å². The molecule has 2 saturated heterocycles. The van der Waals surface area contributed by atoms with E-state index in [2.05, 4.69) is 27.3 Å². The number of piperidine rings is 1. The van der Waals surface area contributed by atoms with Crippen LogP contribution in [0.1, 0.15) is 43.7 Å². The molecule has 1 aromatic heterocycles. The second-order valence-electron chi connectivity index (χ2n) is 7.90. The quantitative estimate of drug-likeness (QED) is 0.827. The van der Waals surface area contributed by atoms with Gasteiger partial charge in [0.25, 0.3) is 6.43 Å². The smallest absolute Gasteiger partial charge is 0.266 e. The zero-order chi connectivity index (χ0) is 19.8. The van der Waals surface area contributed by atoms with Crippen molar-refractivity contribution in [2.24, 2.45) is 5.92 Å². The van der Waals surface area contributed by atoms with Crippen LogP contribution in [0.15, 0.2) is 24.3 Å². The molecule has 0 radical (unpaired) electrons. The first-order valence-corrected chi connectivity index (χ1v) is 9.93. The standard InChI is InChI=1S/C21H26F2N4O/c1-3-13-9-17-16(24-11-13)6-7-27(17)19-10-15(21(22)23)20(26-25-19)14-5-4-12(2)8-18(14)28/h4-5,8,10,13,16-17,21,24,28H,3,6-7,9,11H2,1-2H3/t13?,16-,17+/m0/s1. The number of fused-ring (bicyclic) bond motifs is 1. The van der Waals surface area contributed by atoms with Crippen LogP contribution in [0.5, 0.6) is 5.75 Å². The van der Waals surface area contributed by atoms with Crippen LogP contribution in [-0.4, -0.2) is 40.5 Å². The van der Waals surface area contributed by atoms with Gasteiger partial charge in [0.05, 0.1) is 0 Å². The molecular formula is C21H26F2N4O. The number of halogens is 2. The van der Waals surface area contributed by atoms with Gasteiger partial charge in [0.2, 0.25) is 0 Å². The fourth-order valence-corrected chi connectivity index (χ4v) is 4.47. The van der Waals surface area contributed by atoms with Crippen molar-refractivity contribution in [1.82, 2.24) is 15.5 Å². The summed E-state index contributed by atoms with van der Waals surface area (Å²) in [4.78, 5) is 2.12. The molecule has 2 aliphatic rings. The lowest BCUT2D eigenvalue weighted by Gasteiger charge is -2.37. The largest absolute Gasteiger partial charge is 0.507 e. The Morgan fingerprint density at radius 1 is 1.29 bits per heavy atom. The number of aryl methyl sites for hydroxylation is 1. The van der Waals surface area contributed by atoms with E-state index >= 15 is 0 Å². The van der Waals surface area contributed by atoms with Gasteiger partial charge in [-0.2, -0.15) is 0 Å². The summed E-state index contributed by atoms with van der Waals surface area (Å²) >= 11 is 0. The van der Waals surface area contributed by atoms with Gasteiger partial charge in [0, 0.05) is 29.8 Å². The summed E-state index contributed by atoms with van der Waals surface area (Å²) in [5.74, 6) is 1.03. The second-order valence-corrected chi connectivity index (χ2v) is 7.90. The topological polar surface area (TPSA) is 61.3 Å². The average molecular weight is 388 g/mol. The van der Waals surface area contributed by atoms with Crippen molar-refractivity contribution in [2.75, 3.05) is 18.0 Å². The van der Waals surface area contributed by atoms with Crippen LogP contribution >= 0.6 is 0 Å². The van der Waals surface area contributed by atoms with Crippen LogP contribution < -0.4 is 10.2 Å². The number of hydrogen-bond donors (Lipinski definition) is 2. The summed E-state index contributed by atoms with van der Waals surface area (Å²) in [6, 6.07) is 7.01. The minimum atomic E-state index is -2.70. The monoisotopic (exact) mass is 388 g/mol. The number of phenolic OH excluding ortho intramolecular Hbond substituents is 1. The number of phenols is 1. The van der Waals surface area contributed by atoms with Gasteiger partial charge in [-0.1, -0.05) is 19.4 Å². The number of nitrogens with one attached hydrogen (secondary N) is 1. The molecule has 1 aromatic carbocycles. The average Bonchev–Trinajstić information content (AvgIpc) is 3.10. The van der Waals surface area contributed by atoms with Gasteiger partial charge in [-0.05, 0) is 56.0 Å². The highest BCUT2D eigenvalue weighted by molar-refractivity contribution is 5.71. The molecule has 3 atom stereocenters. The van der Waals surface area contributed by atoms with Crippen molar-refractivity contribution in [1.29, 1.82) is 0 Å². The number of alkyl halides is 2. The lowest BCUT2D eigenvalue weighted by molar-refractivity contribution is 0.151. The normalized spacial score (nSPS) is 24.6. The van der Waals surface area contributed by atoms with Crippen molar-refractivity contribution >= 4 is 5.82 Å². The Hall–Kier alpha value is -2.28. The van der Waals surface area contributed by atoms with Crippen LogP contribution in [0.4, 0.5) is 14.6 Å². The Labute approximate surface area is 163 Å². The van der Waals surface area contributed by atoms with Crippen molar-refractivity contribution in [2.45, 2.75) is 51.6 Å². The maximum Gasteiger partial charge on any atom is 0.266 e. The third kappa shape index (κ3) is 3.43. The molecule has 7 heteroatoms. The Balaban J connectivity index is 1.69. The molecule has 28 heavy (non-hydrogen) atoms. The molecule has 5 nitrogen and oxygen atoms in total. The van der Waals surface area contributed by atoms with Crippen molar-refractivity contribution in [3.05, 3.63) is 35.4 Å². The summed E-state index contributed by atoms with van der Waals surface area (Å²) in [5, 5.41) is 22.2. The molecule has 1 unspecified atom stereocenters. The number of hydrogen-bond acceptors (Lipinski definition) is 5. The van der Waals surface area contributed by atoms with Gasteiger partial charge in [-0.15, -0.1) is 10.2 Å². The Bertz CT molecular complexity index is 860. The molecule has 2 N–H and O–H groups in total. The van der Waals surface area contributed by atoms with Gasteiger partial charge in [-0.25, -0.2) is 8.78 Å². The summed E-state index contributed by atoms with van der Waals surface area (Å²) in [5.41, 5.74) is 0.982. The molecule has 0 spiro atoms. The molecule has 2 fully saturated rings. The molecule has 150 valence electrons. The Morgan fingerprint density at radius 2 is 2.11 bits per heavy atom. The lowest BCUT2D eigenvalue weighted by Crippen LogP contribution is -2.50. The number of aromatic nitrogens is 2. The van der Waals surface area contributed by atoms with Crippen LogP contribution in [0.2, 0.25) is 0 Å². The highest BCUT2D eigenvalue weighted by Crippen LogP contribution is 2.38. The maximum atomic E-state index is 13.9. The van der Waals surface area contributed by atoms with Crippen LogP contribution in [-0.2, 0) is 0 Å². The van der Waals surface area contributed by atoms with E-state index in [4.69, 9.17) is 0 Å². The van der Waals surface area contributed by atoms with Crippen molar-refractivity contribution in [3.8, 4) is 17.0 Å². The van der Waals surface area contributed by atoms with Crippen LogP contribution in [0.25, 0.3) is 11.3 Å². The van der Waals surface area contributed by atoms with Crippen molar-refractivity contribution in [3.63, 3.8) is 0 Å². The molecule has 2 aliphatic heterocycles. The first-order valence-electron chi connectivity index (χ1n) is 9.93. The Morgan fingerprint density at radius 3 is 2.82 bits per heavy atom. The minimum Gasteiger partial charge on any atom is -0.507 e. The highest BCUT2D eigenvalue weighted by atomic mass is 19.3. The molecule has 0 aliphatic carbocycles. The van der Waals surface area contributed by atoms with E-state index in [-0.39, 0.29) is 28.6 Å². The summed E-state index contributed by atoms with van der Waals surface area (Å²) in [7, 11) is 0. The predicted octanol–water partition coefficient (Wildman–Crippen LogP) is 4.06. The van der Waals surface area contributed by atoms with Gasteiger partial charge in [0.15, 0.2) is 5.82 Å². The fourth-order valence-electron chi connectivity index (χ4n) is 4.47. The van der Waals surface area contributed by atoms with Crippen LogP contribution in [0, 0.1) is 12.8 Å². The minimum absolute atomic E-state index is 0.0419. The molecule has 3 heterocycles. The lowest BCUT2D eigenvalue weighted by atomic mass is 9.89. The SMILES string of the molecule is CCC1CN[C@H]2CCN(c3cc(C(F)F)c(-c4ccc(C)cc4O)nn3)[C@@H]2C1. The molecular weight excluding hydrogens is 362 g/mol. The van der Waals surface area contributed by atoms with Crippen molar-refractivity contribution < 1.29 is 13.9 Å². The molecule has 4 rings (SSSR count). The zero-order valence-corrected chi connectivity index (χ0v) is 16.2. The number of benzene rings is 1. The van der Waals surface area contributed by atoms with E-state index in [0.29, 0.717) is 17.8 Å². The Kier molecular flexibility index (Phi) is 5.19. The number of nitrogens with zero attached hydrogens (tertiary/aromatic N) is 3. The van der Waals surface area contributed by atoms with Gasteiger partial charge in [0.1, 0.15) is 11.4 Å². The number of aromatic hydroxyl groups is 1. The van der Waals surface area contributed by atoms with E-state index in [1.807, 2.05) is 6.92 Å². The molecule has 0 bridgehead atoms. The number of anilines is 1. The van der Waals surface area contributed by atoms with Gasteiger partial charge < -0.3 is 15.3 Å². The first-order chi connectivity index (χ1) is 13.5. The second kappa shape index (κ2) is 7.62. The van der Waals surface area contributed by atoms with Gasteiger partial charge in [-0.3, -0.25) is 0 Å². The van der Waals surface area contributed by atoms with E-state index in [0.717, 1.165) is 37.9 Å². The maximum absolute atomic E-state index is 13.9. The predicted molar refractivity (Wildman–Crippen MR) is 105 cm³/mol. The molecule has 0 saturated carbocycles. The van der Waals surface area contributed by atoms with E-state index < -0.39 is 6.43 Å². The molecule has 0 amide bonds. The molecule has 2 aromatic rings. The van der Waals surface area contributed by atoms with Crippen LogP contribution in [0.3, 0.4) is 0 Å². The fraction of sp³-hybridized carbons (Fsp3) is 0.524. The highest BCUT2D eigenvalue weighted by Gasteiger charge is 2.39. The summed E-state index contributed by atoms with van der Waals surface area (Å²) in [6.45, 7) is 5.82. The third-order valence-corrected chi connectivity index (χ3v) is 6.11. The van der Waals surface area contributed by atoms with Gasteiger partial charge >= 0.3 is 0 Å². The zero-order valence-electron chi connectivity index (χ0n) is 16.2. The number of rotatable bonds is 4.